The van der Waals surface area contributed by atoms with Crippen LogP contribution < -0.4 is 15.1 Å². The lowest BCUT2D eigenvalue weighted by molar-refractivity contribution is 0.0601. The molecule has 0 saturated carbocycles. The second-order valence-electron chi connectivity index (χ2n) is 11.2. The van der Waals surface area contributed by atoms with Gasteiger partial charge in [-0.15, -0.1) is 0 Å². The zero-order valence-corrected chi connectivity index (χ0v) is 25.4. The van der Waals surface area contributed by atoms with Gasteiger partial charge < -0.3 is 24.3 Å². The van der Waals surface area contributed by atoms with Crippen molar-refractivity contribution in [2.45, 2.75) is 32.4 Å². The number of furan rings is 1. The first kappa shape index (κ1) is 28.2. The fraction of sp³-hybridized carbons (Fsp3) is 0.303. The fourth-order valence-electron chi connectivity index (χ4n) is 6.33. The molecule has 2 aliphatic heterocycles. The highest BCUT2D eigenvalue weighted by atomic mass is 35.5. The number of esters is 1. The Balaban J connectivity index is 1.40. The van der Waals surface area contributed by atoms with Crippen molar-refractivity contribution in [2.24, 2.45) is 11.8 Å². The number of hydrogen-bond donors (Lipinski definition) is 1. The molecule has 4 atom stereocenters. The van der Waals surface area contributed by atoms with Crippen LogP contribution in [0.1, 0.15) is 54.2 Å². The second kappa shape index (κ2) is 11.8. The molecule has 0 amide bonds. The number of anilines is 2. The summed E-state index contributed by atoms with van der Waals surface area (Å²) in [5.74, 6) is 2.03. The van der Waals surface area contributed by atoms with Gasteiger partial charge in [-0.05, 0) is 79.0 Å². The molecule has 7 nitrogen and oxygen atoms in total. The van der Waals surface area contributed by atoms with E-state index in [0.717, 1.165) is 30.2 Å². The Morgan fingerprint density at radius 2 is 1.81 bits per heavy atom. The number of aromatic nitrogens is 1. The number of methoxy groups -OCH3 is 1. The lowest BCUT2D eigenvalue weighted by Crippen LogP contribution is -2.38. The highest BCUT2D eigenvalue weighted by molar-refractivity contribution is 7.80. The van der Waals surface area contributed by atoms with Crippen LogP contribution in [0, 0.1) is 11.8 Å². The number of nitrogens with one attached hydrogen (secondary N) is 1. The second-order valence-corrected chi connectivity index (χ2v) is 12.0. The van der Waals surface area contributed by atoms with Crippen molar-refractivity contribution >= 4 is 46.3 Å². The average Bonchev–Trinajstić information content (AvgIpc) is 3.61. The summed E-state index contributed by atoms with van der Waals surface area (Å²) in [6.45, 7) is 6.56. The molecule has 42 heavy (non-hydrogen) atoms. The molecular formula is C33H33ClN4O3S. The summed E-state index contributed by atoms with van der Waals surface area (Å²) in [7, 11) is 1.37. The molecule has 0 spiro atoms. The number of hydrogen-bond acceptors (Lipinski definition) is 6. The summed E-state index contributed by atoms with van der Waals surface area (Å²) in [5.41, 5.74) is 3.81. The molecule has 0 bridgehead atoms. The minimum Gasteiger partial charge on any atom is -0.465 e. The van der Waals surface area contributed by atoms with Crippen molar-refractivity contribution in [1.82, 2.24) is 10.3 Å². The third kappa shape index (κ3) is 5.37. The third-order valence-corrected chi connectivity index (χ3v) is 8.65. The molecule has 0 aliphatic carbocycles. The van der Waals surface area contributed by atoms with E-state index >= 15 is 0 Å². The maximum atomic E-state index is 12.5. The van der Waals surface area contributed by atoms with E-state index in [1.165, 1.54) is 13.5 Å². The minimum absolute atomic E-state index is 0.282. The van der Waals surface area contributed by atoms with Gasteiger partial charge in [0.2, 0.25) is 0 Å². The van der Waals surface area contributed by atoms with Crippen molar-refractivity contribution < 1.29 is 13.9 Å². The Kier molecular flexibility index (Phi) is 7.92. The van der Waals surface area contributed by atoms with Crippen LogP contribution in [0.5, 0.6) is 0 Å². The number of halogens is 1. The summed E-state index contributed by atoms with van der Waals surface area (Å²) >= 11 is 12.9. The van der Waals surface area contributed by atoms with Gasteiger partial charge in [0.05, 0.1) is 35.1 Å². The van der Waals surface area contributed by atoms with E-state index in [1.54, 1.807) is 18.3 Å². The summed E-state index contributed by atoms with van der Waals surface area (Å²) in [6, 6.07) is 22.4. The van der Waals surface area contributed by atoms with Crippen LogP contribution in [-0.2, 0) is 4.74 Å². The van der Waals surface area contributed by atoms with Crippen LogP contribution in [0.15, 0.2) is 83.4 Å². The fourth-order valence-corrected chi connectivity index (χ4v) is 6.97. The number of pyridine rings is 1. The molecule has 9 heteroatoms. The average molecular weight is 601 g/mol. The smallest absolute Gasteiger partial charge is 0.338 e. The van der Waals surface area contributed by atoms with Crippen LogP contribution in [0.3, 0.4) is 0 Å². The van der Waals surface area contributed by atoms with Crippen LogP contribution in [0.2, 0.25) is 5.02 Å². The summed E-state index contributed by atoms with van der Waals surface area (Å²) in [4.78, 5) is 21.5. The Labute approximate surface area is 256 Å². The van der Waals surface area contributed by atoms with E-state index in [1.807, 2.05) is 53.4 Å². The van der Waals surface area contributed by atoms with Gasteiger partial charge in [-0.2, -0.15) is 0 Å². The number of carbonyl (C=O) groups is 1. The van der Waals surface area contributed by atoms with Crippen LogP contribution in [0.4, 0.5) is 11.4 Å². The SMILES string of the molecule is COC(=O)c1ccccc1-c1ccc([C@@H]2[C@H](c3ccccn3)NC(=S)N2c2ccc(N3C[C@H](C)C[C@H](C)C3)c(Cl)c2)o1. The predicted molar refractivity (Wildman–Crippen MR) is 170 cm³/mol. The highest BCUT2D eigenvalue weighted by Gasteiger charge is 2.43. The quantitative estimate of drug-likeness (QED) is 0.181. The Hall–Kier alpha value is -3.88. The van der Waals surface area contributed by atoms with Gasteiger partial charge in [0.1, 0.15) is 17.6 Å². The topological polar surface area (TPSA) is 70.8 Å². The maximum absolute atomic E-state index is 12.5. The van der Waals surface area contributed by atoms with Crippen molar-refractivity contribution in [2.75, 3.05) is 30.0 Å². The van der Waals surface area contributed by atoms with Crippen molar-refractivity contribution in [3.8, 4) is 11.3 Å². The summed E-state index contributed by atoms with van der Waals surface area (Å²) < 4.78 is 11.5. The van der Waals surface area contributed by atoms with Crippen LogP contribution in [0.25, 0.3) is 11.3 Å². The van der Waals surface area contributed by atoms with E-state index in [-0.39, 0.29) is 12.1 Å². The summed E-state index contributed by atoms with van der Waals surface area (Å²) in [5, 5.41) is 4.70. The van der Waals surface area contributed by atoms with E-state index in [4.69, 9.17) is 33.0 Å². The molecule has 2 aromatic heterocycles. The molecule has 1 N–H and O–H groups in total. The minimum atomic E-state index is -0.424. The van der Waals surface area contributed by atoms with E-state index < -0.39 is 5.97 Å². The van der Waals surface area contributed by atoms with E-state index in [0.29, 0.717) is 44.6 Å². The van der Waals surface area contributed by atoms with Crippen LogP contribution in [-0.4, -0.2) is 36.3 Å². The Morgan fingerprint density at radius 3 is 2.52 bits per heavy atom. The molecule has 2 aromatic carbocycles. The van der Waals surface area contributed by atoms with Crippen molar-refractivity contribution in [3.63, 3.8) is 0 Å². The molecule has 0 radical (unpaired) electrons. The largest absolute Gasteiger partial charge is 0.465 e. The van der Waals surface area contributed by atoms with Crippen molar-refractivity contribution in [3.05, 3.63) is 101 Å². The Morgan fingerprint density at radius 1 is 1.05 bits per heavy atom. The van der Waals surface area contributed by atoms with E-state index in [9.17, 15) is 4.79 Å². The molecule has 4 aromatic rings. The normalized spacial score (nSPS) is 22.2. The van der Waals surface area contributed by atoms with Gasteiger partial charge >= 0.3 is 5.97 Å². The first-order chi connectivity index (χ1) is 20.3. The van der Waals surface area contributed by atoms with Gasteiger partial charge in [0.15, 0.2) is 5.11 Å². The molecule has 6 rings (SSSR count). The number of benzene rings is 2. The molecule has 216 valence electrons. The molecule has 4 heterocycles. The highest BCUT2D eigenvalue weighted by Crippen LogP contribution is 2.45. The van der Waals surface area contributed by atoms with Gasteiger partial charge in [-0.25, -0.2) is 4.79 Å². The molecular weight excluding hydrogens is 568 g/mol. The standard InChI is InChI=1S/C33H33ClN4O3S/c1-20-16-21(2)19-37(18-20)27-12-11-22(17-25(27)34)38-31(30(36-33(38)42)26-10-6-7-15-35-26)29-14-13-28(41-29)23-8-4-5-9-24(23)32(39)40-3/h4-15,17,20-21,30-31H,16,18-19H2,1-3H3,(H,36,42)/t20-,21+,30-,31+/m0/s1. The number of nitrogens with zero attached hydrogens (tertiary/aromatic N) is 3. The van der Waals surface area contributed by atoms with Gasteiger partial charge in [0, 0.05) is 30.5 Å². The van der Waals surface area contributed by atoms with Gasteiger partial charge in [-0.3, -0.25) is 4.98 Å². The number of piperidine rings is 1. The zero-order valence-electron chi connectivity index (χ0n) is 23.8. The first-order valence-electron chi connectivity index (χ1n) is 14.2. The molecule has 0 unspecified atom stereocenters. The van der Waals surface area contributed by atoms with Crippen LogP contribution >= 0.6 is 23.8 Å². The molecule has 2 fully saturated rings. The summed E-state index contributed by atoms with van der Waals surface area (Å²) in [6.07, 6.45) is 3.00. The molecule has 2 aliphatic rings. The van der Waals surface area contributed by atoms with Gasteiger partial charge in [0.25, 0.3) is 0 Å². The lowest BCUT2D eigenvalue weighted by atomic mass is 9.91. The molecule has 2 saturated heterocycles. The number of carbonyl (C=O) groups excluding carboxylic acids is 1. The van der Waals surface area contributed by atoms with Crippen molar-refractivity contribution in [1.29, 1.82) is 0 Å². The maximum Gasteiger partial charge on any atom is 0.338 e. The Bertz CT molecular complexity index is 1600. The van der Waals surface area contributed by atoms with E-state index in [2.05, 4.69) is 41.2 Å². The monoisotopic (exact) mass is 600 g/mol. The number of ether oxygens (including phenoxy) is 1. The number of rotatable bonds is 6. The first-order valence-corrected chi connectivity index (χ1v) is 14.9. The number of thiocarbonyl (C=S) groups is 1. The zero-order chi connectivity index (χ0) is 29.4. The third-order valence-electron chi connectivity index (χ3n) is 8.03. The lowest BCUT2D eigenvalue weighted by Gasteiger charge is -2.37. The van der Waals surface area contributed by atoms with Gasteiger partial charge in [-0.1, -0.05) is 49.7 Å². The predicted octanol–water partition coefficient (Wildman–Crippen LogP) is 7.44.